The van der Waals surface area contributed by atoms with E-state index in [-0.39, 0.29) is 18.4 Å². The fourth-order valence-electron chi connectivity index (χ4n) is 3.61. The van der Waals surface area contributed by atoms with E-state index < -0.39 is 6.04 Å². The number of benzene rings is 3. The first kappa shape index (κ1) is 21.1. The molecule has 1 unspecified atom stereocenters. The molecular weight excluding hydrogens is 404 g/mol. The van der Waals surface area contributed by atoms with E-state index in [2.05, 4.69) is 10.6 Å². The van der Waals surface area contributed by atoms with Gasteiger partial charge in [-0.1, -0.05) is 42.5 Å². The summed E-state index contributed by atoms with van der Waals surface area (Å²) in [5, 5.41) is 5.88. The number of anilines is 1. The molecule has 0 radical (unpaired) electrons. The molecule has 3 aromatic carbocycles. The molecule has 7 heteroatoms. The van der Waals surface area contributed by atoms with Crippen molar-refractivity contribution in [1.29, 1.82) is 0 Å². The second kappa shape index (κ2) is 9.34. The third-order valence-corrected chi connectivity index (χ3v) is 5.14. The highest BCUT2D eigenvalue weighted by Crippen LogP contribution is 2.24. The standard InChI is InChI=1S/C25H24N4O3/c1-17(26-25(31)18-10-4-3-5-11-18)24-28-19-12-6-8-14-21(19)29(24)16-23(30)27-20-13-7-9-15-22(20)32-2/h3-15,17H,16H2,1-2H3,(H,26,31)(H,27,30). The quantitative estimate of drug-likeness (QED) is 0.463. The molecule has 0 saturated carbocycles. The van der Waals surface area contributed by atoms with Crippen LogP contribution in [0.1, 0.15) is 29.1 Å². The highest BCUT2D eigenvalue weighted by atomic mass is 16.5. The molecule has 0 aliphatic carbocycles. The normalized spacial score (nSPS) is 11.7. The number of carbonyl (C=O) groups excluding carboxylic acids is 2. The number of imidazole rings is 1. The number of amides is 2. The van der Waals surface area contributed by atoms with Gasteiger partial charge in [0.05, 0.1) is 29.9 Å². The monoisotopic (exact) mass is 428 g/mol. The second-order valence-electron chi connectivity index (χ2n) is 7.35. The van der Waals surface area contributed by atoms with Gasteiger partial charge in [0, 0.05) is 5.56 Å². The Bertz CT molecular complexity index is 1250. The van der Waals surface area contributed by atoms with Gasteiger partial charge in [-0.15, -0.1) is 0 Å². The van der Waals surface area contributed by atoms with Crippen LogP contribution in [0.3, 0.4) is 0 Å². The molecule has 0 aliphatic rings. The molecule has 162 valence electrons. The molecule has 4 rings (SSSR count). The van der Waals surface area contributed by atoms with Crippen LogP contribution < -0.4 is 15.4 Å². The minimum atomic E-state index is -0.408. The lowest BCUT2D eigenvalue weighted by Crippen LogP contribution is -2.30. The number of hydrogen-bond donors (Lipinski definition) is 2. The van der Waals surface area contributed by atoms with E-state index in [1.54, 1.807) is 31.4 Å². The molecule has 0 bridgehead atoms. The van der Waals surface area contributed by atoms with E-state index in [4.69, 9.17) is 9.72 Å². The largest absolute Gasteiger partial charge is 0.495 e. The van der Waals surface area contributed by atoms with Crippen molar-refractivity contribution in [2.45, 2.75) is 19.5 Å². The summed E-state index contributed by atoms with van der Waals surface area (Å²) in [5.41, 5.74) is 2.74. The first-order valence-electron chi connectivity index (χ1n) is 10.3. The molecule has 0 spiro atoms. The molecule has 2 amide bonds. The Morgan fingerprint density at radius 1 is 0.969 bits per heavy atom. The summed E-state index contributed by atoms with van der Waals surface area (Å²) in [7, 11) is 1.56. The molecule has 0 aliphatic heterocycles. The molecule has 2 N–H and O–H groups in total. The number of carbonyl (C=O) groups is 2. The lowest BCUT2D eigenvalue weighted by atomic mass is 10.2. The maximum Gasteiger partial charge on any atom is 0.251 e. The molecular formula is C25H24N4O3. The molecule has 32 heavy (non-hydrogen) atoms. The first-order chi connectivity index (χ1) is 15.6. The third-order valence-electron chi connectivity index (χ3n) is 5.14. The zero-order valence-corrected chi connectivity index (χ0v) is 17.9. The molecule has 1 atom stereocenters. The number of hydrogen-bond acceptors (Lipinski definition) is 4. The number of para-hydroxylation sites is 4. The van der Waals surface area contributed by atoms with Crippen LogP contribution in [0.25, 0.3) is 11.0 Å². The number of rotatable bonds is 7. The summed E-state index contributed by atoms with van der Waals surface area (Å²) in [5.74, 6) is 0.765. The van der Waals surface area contributed by atoms with Crippen LogP contribution in [0, 0.1) is 0 Å². The number of aromatic nitrogens is 2. The minimum Gasteiger partial charge on any atom is -0.495 e. The summed E-state index contributed by atoms with van der Waals surface area (Å²) in [6.45, 7) is 1.90. The fraction of sp³-hybridized carbons (Fsp3) is 0.160. The zero-order valence-electron chi connectivity index (χ0n) is 17.9. The summed E-state index contributed by atoms with van der Waals surface area (Å²) in [6.07, 6.45) is 0. The van der Waals surface area contributed by atoms with Crippen molar-refractivity contribution in [3.05, 3.63) is 90.3 Å². The number of nitrogens with zero attached hydrogens (tertiary/aromatic N) is 2. The van der Waals surface area contributed by atoms with Gasteiger partial charge in [0.25, 0.3) is 5.91 Å². The molecule has 7 nitrogen and oxygen atoms in total. The molecule has 1 heterocycles. The smallest absolute Gasteiger partial charge is 0.251 e. The van der Waals surface area contributed by atoms with Crippen LogP contribution in [0.4, 0.5) is 5.69 Å². The van der Waals surface area contributed by atoms with Gasteiger partial charge in [-0.25, -0.2) is 4.98 Å². The van der Waals surface area contributed by atoms with Crippen molar-refractivity contribution < 1.29 is 14.3 Å². The molecule has 0 fully saturated rings. The van der Waals surface area contributed by atoms with E-state index in [0.717, 1.165) is 11.0 Å². The number of methoxy groups -OCH3 is 1. The van der Waals surface area contributed by atoms with Gasteiger partial charge < -0.3 is 19.9 Å². The van der Waals surface area contributed by atoms with Gasteiger partial charge in [-0.2, -0.15) is 0 Å². The van der Waals surface area contributed by atoms with Crippen molar-refractivity contribution in [1.82, 2.24) is 14.9 Å². The number of nitrogens with one attached hydrogen (secondary N) is 2. The fourth-order valence-corrected chi connectivity index (χ4v) is 3.61. The lowest BCUT2D eigenvalue weighted by Gasteiger charge is -2.17. The molecule has 0 saturated heterocycles. The van der Waals surface area contributed by atoms with Gasteiger partial charge in [0.15, 0.2) is 0 Å². The van der Waals surface area contributed by atoms with Crippen LogP contribution in [0.15, 0.2) is 78.9 Å². The third kappa shape index (κ3) is 4.46. The molecule has 4 aromatic rings. The summed E-state index contributed by atoms with van der Waals surface area (Å²) < 4.78 is 7.15. The number of fused-ring (bicyclic) bond motifs is 1. The Kier molecular flexibility index (Phi) is 6.17. The topological polar surface area (TPSA) is 85.2 Å². The van der Waals surface area contributed by atoms with E-state index in [0.29, 0.717) is 22.8 Å². The van der Waals surface area contributed by atoms with Crippen LogP contribution in [-0.4, -0.2) is 28.5 Å². The van der Waals surface area contributed by atoms with Crippen molar-refractivity contribution in [2.24, 2.45) is 0 Å². The van der Waals surface area contributed by atoms with E-state index in [1.165, 1.54) is 0 Å². The summed E-state index contributed by atoms with van der Waals surface area (Å²) in [6, 6.07) is 23.4. The SMILES string of the molecule is COc1ccccc1NC(=O)Cn1c(C(C)NC(=O)c2ccccc2)nc2ccccc21. The average Bonchev–Trinajstić information content (AvgIpc) is 3.18. The molecule has 1 aromatic heterocycles. The predicted octanol–water partition coefficient (Wildman–Crippen LogP) is 4.17. The van der Waals surface area contributed by atoms with E-state index in [9.17, 15) is 9.59 Å². The van der Waals surface area contributed by atoms with Crippen LogP contribution in [0.2, 0.25) is 0 Å². The van der Waals surface area contributed by atoms with Gasteiger partial charge in [-0.3, -0.25) is 9.59 Å². The minimum absolute atomic E-state index is 0.0411. The van der Waals surface area contributed by atoms with Crippen molar-refractivity contribution in [3.63, 3.8) is 0 Å². The van der Waals surface area contributed by atoms with Gasteiger partial charge in [0.2, 0.25) is 5.91 Å². The first-order valence-corrected chi connectivity index (χ1v) is 10.3. The van der Waals surface area contributed by atoms with Crippen molar-refractivity contribution in [3.8, 4) is 5.75 Å². The Labute approximate surface area is 186 Å². The lowest BCUT2D eigenvalue weighted by molar-refractivity contribution is -0.116. The van der Waals surface area contributed by atoms with Crippen molar-refractivity contribution >= 4 is 28.5 Å². The highest BCUT2D eigenvalue weighted by Gasteiger charge is 2.21. The Hall–Kier alpha value is -4.13. The van der Waals surface area contributed by atoms with Gasteiger partial charge in [0.1, 0.15) is 18.1 Å². The van der Waals surface area contributed by atoms with Gasteiger partial charge >= 0.3 is 0 Å². The Morgan fingerprint density at radius 2 is 1.66 bits per heavy atom. The van der Waals surface area contributed by atoms with Crippen LogP contribution >= 0.6 is 0 Å². The van der Waals surface area contributed by atoms with Gasteiger partial charge in [-0.05, 0) is 43.3 Å². The predicted molar refractivity (Wildman–Crippen MR) is 124 cm³/mol. The zero-order chi connectivity index (χ0) is 22.5. The Morgan fingerprint density at radius 3 is 2.44 bits per heavy atom. The van der Waals surface area contributed by atoms with Crippen molar-refractivity contribution in [2.75, 3.05) is 12.4 Å². The highest BCUT2D eigenvalue weighted by molar-refractivity contribution is 5.95. The number of ether oxygens (including phenoxy) is 1. The summed E-state index contributed by atoms with van der Waals surface area (Å²) >= 11 is 0. The van der Waals surface area contributed by atoms with Crippen LogP contribution in [0.5, 0.6) is 5.75 Å². The average molecular weight is 428 g/mol. The van der Waals surface area contributed by atoms with E-state index >= 15 is 0 Å². The van der Waals surface area contributed by atoms with Crippen LogP contribution in [-0.2, 0) is 11.3 Å². The second-order valence-corrected chi connectivity index (χ2v) is 7.35. The Balaban J connectivity index is 1.60. The maximum atomic E-state index is 12.9. The summed E-state index contributed by atoms with van der Waals surface area (Å²) in [4.78, 5) is 30.3. The van der Waals surface area contributed by atoms with E-state index in [1.807, 2.05) is 66.1 Å². The maximum absolute atomic E-state index is 12.9.